The van der Waals surface area contributed by atoms with E-state index in [9.17, 15) is 4.79 Å². The number of thiazole rings is 1. The second-order valence-corrected chi connectivity index (χ2v) is 7.05. The maximum absolute atomic E-state index is 12.5. The first kappa shape index (κ1) is 14.5. The van der Waals surface area contributed by atoms with E-state index in [0.717, 1.165) is 46.6 Å². The lowest BCUT2D eigenvalue weighted by Gasteiger charge is -2.20. The Labute approximate surface area is 128 Å². The number of carbonyl (C=O) groups is 1. The molecule has 1 aromatic heterocycles. The van der Waals surface area contributed by atoms with Crippen LogP contribution >= 0.6 is 11.3 Å². The number of anilines is 1. The molecule has 2 aromatic rings. The maximum atomic E-state index is 12.5. The third-order valence-electron chi connectivity index (χ3n) is 4.17. The molecule has 112 valence electrons. The summed E-state index contributed by atoms with van der Waals surface area (Å²) in [4.78, 5) is 16.9. The molecule has 4 nitrogen and oxygen atoms in total. The van der Waals surface area contributed by atoms with E-state index < -0.39 is 0 Å². The van der Waals surface area contributed by atoms with Crippen LogP contribution in [0.1, 0.15) is 37.1 Å². The third kappa shape index (κ3) is 3.24. The summed E-state index contributed by atoms with van der Waals surface area (Å²) in [5.74, 6) is -0.00335. The fourth-order valence-electron chi connectivity index (χ4n) is 3.01. The first-order valence-electron chi connectivity index (χ1n) is 7.57. The molecule has 5 heteroatoms. The van der Waals surface area contributed by atoms with Gasteiger partial charge < -0.3 is 11.1 Å². The van der Waals surface area contributed by atoms with Crippen LogP contribution in [0.5, 0.6) is 0 Å². The van der Waals surface area contributed by atoms with Crippen LogP contribution in [-0.4, -0.2) is 16.9 Å². The lowest BCUT2D eigenvalue weighted by atomic mass is 9.94. The molecule has 0 spiro atoms. The number of nitrogens with zero attached hydrogens (tertiary/aromatic N) is 1. The molecule has 1 heterocycles. The average molecular weight is 303 g/mol. The molecule has 1 saturated carbocycles. The molecule has 2 atom stereocenters. The smallest absolute Gasteiger partial charge is 0.229 e. The van der Waals surface area contributed by atoms with Gasteiger partial charge in [-0.3, -0.25) is 4.79 Å². The number of amides is 1. The number of hydrogen-bond donors (Lipinski definition) is 2. The Morgan fingerprint density at radius 3 is 3.00 bits per heavy atom. The number of rotatable bonds is 2. The lowest BCUT2D eigenvalue weighted by molar-refractivity contribution is -0.120. The maximum Gasteiger partial charge on any atom is 0.229 e. The van der Waals surface area contributed by atoms with Gasteiger partial charge >= 0.3 is 0 Å². The molecule has 1 aromatic carbocycles. The SMILES string of the molecule is Cc1nc2ccc(NC(=O)C3CCCCCC3N)cc2s1. The third-order valence-corrected chi connectivity index (χ3v) is 5.10. The van der Waals surface area contributed by atoms with E-state index in [1.807, 2.05) is 25.1 Å². The minimum Gasteiger partial charge on any atom is -0.327 e. The van der Waals surface area contributed by atoms with Crippen molar-refractivity contribution in [1.82, 2.24) is 4.98 Å². The standard InChI is InChI=1S/C16H21N3OS/c1-10-18-14-8-7-11(9-15(14)21-10)19-16(20)12-5-3-2-4-6-13(12)17/h7-9,12-13H,2-6,17H2,1H3,(H,19,20). The molecule has 1 aliphatic rings. The molecular weight excluding hydrogens is 282 g/mol. The van der Waals surface area contributed by atoms with Gasteiger partial charge in [-0.1, -0.05) is 19.3 Å². The number of fused-ring (bicyclic) bond motifs is 1. The van der Waals surface area contributed by atoms with Crippen molar-refractivity contribution in [2.75, 3.05) is 5.32 Å². The van der Waals surface area contributed by atoms with Crippen molar-refractivity contribution in [3.8, 4) is 0 Å². The monoisotopic (exact) mass is 303 g/mol. The normalized spacial score (nSPS) is 23.0. The Kier molecular flexibility index (Phi) is 4.22. The van der Waals surface area contributed by atoms with E-state index in [4.69, 9.17) is 5.73 Å². The Balaban J connectivity index is 1.75. The van der Waals surface area contributed by atoms with E-state index in [1.54, 1.807) is 11.3 Å². The molecule has 0 radical (unpaired) electrons. The second kappa shape index (κ2) is 6.12. The summed E-state index contributed by atoms with van der Waals surface area (Å²) in [5.41, 5.74) is 7.99. The van der Waals surface area contributed by atoms with Crippen LogP contribution in [0.15, 0.2) is 18.2 Å². The van der Waals surface area contributed by atoms with E-state index >= 15 is 0 Å². The predicted octanol–water partition coefficient (Wildman–Crippen LogP) is 3.45. The van der Waals surface area contributed by atoms with Crippen LogP contribution in [0, 0.1) is 12.8 Å². The Morgan fingerprint density at radius 1 is 1.33 bits per heavy atom. The van der Waals surface area contributed by atoms with Crippen LogP contribution in [0.4, 0.5) is 5.69 Å². The summed E-state index contributed by atoms with van der Waals surface area (Å²) < 4.78 is 1.11. The zero-order chi connectivity index (χ0) is 14.8. The van der Waals surface area contributed by atoms with Crippen molar-refractivity contribution in [3.63, 3.8) is 0 Å². The second-order valence-electron chi connectivity index (χ2n) is 5.81. The number of nitrogens with two attached hydrogens (primary N) is 1. The van der Waals surface area contributed by atoms with Crippen molar-refractivity contribution in [1.29, 1.82) is 0 Å². The van der Waals surface area contributed by atoms with Gasteiger partial charge in [-0.15, -0.1) is 11.3 Å². The Hall–Kier alpha value is -1.46. The molecule has 21 heavy (non-hydrogen) atoms. The largest absolute Gasteiger partial charge is 0.327 e. The van der Waals surface area contributed by atoms with Crippen LogP contribution in [0.2, 0.25) is 0 Å². The van der Waals surface area contributed by atoms with Gasteiger partial charge in [0.15, 0.2) is 0 Å². The summed E-state index contributed by atoms with van der Waals surface area (Å²) in [7, 11) is 0. The molecule has 3 N–H and O–H groups in total. The predicted molar refractivity (Wildman–Crippen MR) is 87.5 cm³/mol. The van der Waals surface area contributed by atoms with Crippen molar-refractivity contribution in [3.05, 3.63) is 23.2 Å². The highest BCUT2D eigenvalue weighted by Crippen LogP contribution is 2.27. The molecule has 1 amide bonds. The summed E-state index contributed by atoms with van der Waals surface area (Å²) in [6.45, 7) is 1.99. The summed E-state index contributed by atoms with van der Waals surface area (Å²) >= 11 is 1.65. The van der Waals surface area contributed by atoms with E-state index in [1.165, 1.54) is 6.42 Å². The molecule has 1 aliphatic carbocycles. The van der Waals surface area contributed by atoms with Crippen molar-refractivity contribution in [2.45, 2.75) is 45.1 Å². The van der Waals surface area contributed by atoms with Crippen LogP contribution in [-0.2, 0) is 4.79 Å². The highest BCUT2D eigenvalue weighted by molar-refractivity contribution is 7.18. The highest BCUT2D eigenvalue weighted by Gasteiger charge is 2.27. The molecule has 0 aliphatic heterocycles. The molecule has 0 bridgehead atoms. The minimum atomic E-state index is -0.0635. The van der Waals surface area contributed by atoms with E-state index in [-0.39, 0.29) is 17.9 Å². The summed E-state index contributed by atoms with van der Waals surface area (Å²) in [5, 5.41) is 4.07. The zero-order valence-corrected chi connectivity index (χ0v) is 13.1. The van der Waals surface area contributed by atoms with Crippen LogP contribution in [0.3, 0.4) is 0 Å². The van der Waals surface area contributed by atoms with Gasteiger partial charge in [-0.05, 0) is 38.0 Å². The van der Waals surface area contributed by atoms with Gasteiger partial charge in [0.1, 0.15) is 0 Å². The van der Waals surface area contributed by atoms with Gasteiger partial charge in [0.25, 0.3) is 0 Å². The highest BCUT2D eigenvalue weighted by atomic mass is 32.1. The molecule has 1 fully saturated rings. The first-order chi connectivity index (χ1) is 10.1. The number of carbonyl (C=O) groups excluding carboxylic acids is 1. The number of hydrogen-bond acceptors (Lipinski definition) is 4. The van der Waals surface area contributed by atoms with Gasteiger partial charge in [-0.25, -0.2) is 4.98 Å². The zero-order valence-electron chi connectivity index (χ0n) is 12.3. The van der Waals surface area contributed by atoms with Gasteiger partial charge in [0, 0.05) is 11.7 Å². The topological polar surface area (TPSA) is 68.0 Å². The minimum absolute atomic E-state index is 0.0121. The van der Waals surface area contributed by atoms with Gasteiger partial charge in [0.05, 0.1) is 21.1 Å². The Bertz CT molecular complexity index is 652. The molecular formula is C16H21N3OS. The van der Waals surface area contributed by atoms with Crippen molar-refractivity contribution < 1.29 is 4.79 Å². The van der Waals surface area contributed by atoms with E-state index in [2.05, 4.69) is 10.3 Å². The fourth-order valence-corrected chi connectivity index (χ4v) is 3.88. The number of benzene rings is 1. The van der Waals surface area contributed by atoms with Gasteiger partial charge in [-0.2, -0.15) is 0 Å². The Morgan fingerprint density at radius 2 is 2.14 bits per heavy atom. The first-order valence-corrected chi connectivity index (χ1v) is 8.39. The molecule has 2 unspecified atom stereocenters. The molecule has 3 rings (SSSR count). The van der Waals surface area contributed by atoms with Crippen molar-refractivity contribution in [2.24, 2.45) is 11.7 Å². The number of aryl methyl sites for hydroxylation is 1. The summed E-state index contributed by atoms with van der Waals surface area (Å²) in [6.07, 6.45) is 5.26. The van der Waals surface area contributed by atoms with Crippen molar-refractivity contribution >= 4 is 33.1 Å². The quantitative estimate of drug-likeness (QED) is 0.835. The van der Waals surface area contributed by atoms with Crippen LogP contribution < -0.4 is 11.1 Å². The number of aromatic nitrogens is 1. The lowest BCUT2D eigenvalue weighted by Crippen LogP contribution is -2.37. The van der Waals surface area contributed by atoms with Gasteiger partial charge in [0.2, 0.25) is 5.91 Å². The average Bonchev–Trinajstić information content (AvgIpc) is 2.67. The summed E-state index contributed by atoms with van der Waals surface area (Å²) in [6, 6.07) is 5.87. The number of nitrogens with one attached hydrogen (secondary N) is 1. The fraction of sp³-hybridized carbons (Fsp3) is 0.500. The van der Waals surface area contributed by atoms with Crippen LogP contribution in [0.25, 0.3) is 10.2 Å². The van der Waals surface area contributed by atoms with E-state index in [0.29, 0.717) is 0 Å². The molecule has 0 saturated heterocycles.